The van der Waals surface area contributed by atoms with Crippen molar-refractivity contribution in [1.29, 1.82) is 0 Å². The van der Waals surface area contributed by atoms with Crippen LogP contribution in [0.2, 0.25) is 0 Å². The van der Waals surface area contributed by atoms with Gasteiger partial charge in [-0.05, 0) is 31.2 Å². The van der Waals surface area contributed by atoms with Gasteiger partial charge in [0.2, 0.25) is 0 Å². The highest BCUT2D eigenvalue weighted by Crippen LogP contribution is 2.26. The van der Waals surface area contributed by atoms with Crippen molar-refractivity contribution >= 4 is 23.3 Å². The van der Waals surface area contributed by atoms with E-state index in [9.17, 15) is 9.59 Å². The summed E-state index contributed by atoms with van der Waals surface area (Å²) < 4.78 is 5.22. The van der Waals surface area contributed by atoms with Gasteiger partial charge >= 0.3 is 6.03 Å². The number of rotatable bonds is 4. The third-order valence-corrected chi connectivity index (χ3v) is 3.76. The lowest BCUT2D eigenvalue weighted by molar-refractivity contribution is 0.102. The molecule has 1 heterocycles. The van der Waals surface area contributed by atoms with Gasteiger partial charge in [-0.15, -0.1) is 0 Å². The van der Waals surface area contributed by atoms with Gasteiger partial charge in [0, 0.05) is 24.0 Å². The molecule has 7 nitrogen and oxygen atoms in total. The van der Waals surface area contributed by atoms with E-state index in [2.05, 4.69) is 21.1 Å². The minimum absolute atomic E-state index is 0.311. The minimum Gasteiger partial charge on any atom is -0.360 e. The first-order valence-corrected chi connectivity index (χ1v) is 8.00. The van der Waals surface area contributed by atoms with Gasteiger partial charge < -0.3 is 20.5 Å². The maximum Gasteiger partial charge on any atom is 0.318 e. The first-order chi connectivity index (χ1) is 12.6. The first kappa shape index (κ1) is 17.2. The first-order valence-electron chi connectivity index (χ1n) is 8.00. The summed E-state index contributed by atoms with van der Waals surface area (Å²) in [5, 5.41) is 12.0. The van der Waals surface area contributed by atoms with Crippen LogP contribution in [0.3, 0.4) is 0 Å². The fourth-order valence-corrected chi connectivity index (χ4v) is 2.46. The lowest BCUT2D eigenvalue weighted by atomic mass is 10.1. The third-order valence-electron chi connectivity index (χ3n) is 3.76. The molecule has 0 spiro atoms. The fraction of sp³-hybridized carbons (Fsp3) is 0.105. The van der Waals surface area contributed by atoms with Crippen molar-refractivity contribution in [2.75, 3.05) is 17.7 Å². The quantitative estimate of drug-likeness (QED) is 0.669. The molecule has 26 heavy (non-hydrogen) atoms. The number of carbonyl (C=O) groups excluding carboxylic acids is 2. The lowest BCUT2D eigenvalue weighted by Crippen LogP contribution is -2.24. The van der Waals surface area contributed by atoms with Gasteiger partial charge in [-0.25, -0.2) is 4.79 Å². The summed E-state index contributed by atoms with van der Waals surface area (Å²) in [7, 11) is 1.54. The van der Waals surface area contributed by atoms with Crippen molar-refractivity contribution in [3.63, 3.8) is 0 Å². The Morgan fingerprint density at radius 2 is 1.54 bits per heavy atom. The largest absolute Gasteiger partial charge is 0.360 e. The summed E-state index contributed by atoms with van der Waals surface area (Å²) in [5.74, 6) is 0.133. The van der Waals surface area contributed by atoms with E-state index in [1.807, 2.05) is 30.3 Å². The van der Waals surface area contributed by atoms with Crippen molar-refractivity contribution in [1.82, 2.24) is 10.5 Å². The molecule has 0 aliphatic carbocycles. The number of nitrogens with zero attached hydrogens (tertiary/aromatic N) is 1. The Bertz CT molecular complexity index is 918. The maximum absolute atomic E-state index is 12.7. The van der Waals surface area contributed by atoms with Crippen LogP contribution in [0, 0.1) is 6.92 Å². The average Bonchev–Trinajstić information content (AvgIpc) is 3.05. The van der Waals surface area contributed by atoms with Crippen LogP contribution in [-0.2, 0) is 0 Å². The van der Waals surface area contributed by atoms with Crippen LogP contribution in [0.25, 0.3) is 11.3 Å². The van der Waals surface area contributed by atoms with Crippen LogP contribution in [0.15, 0.2) is 59.1 Å². The number of nitrogens with one attached hydrogen (secondary N) is 3. The highest BCUT2D eigenvalue weighted by molar-refractivity contribution is 6.08. The number of urea groups is 1. The Morgan fingerprint density at radius 3 is 2.15 bits per heavy atom. The highest BCUT2D eigenvalue weighted by Gasteiger charge is 2.21. The molecule has 3 N–H and O–H groups in total. The third kappa shape index (κ3) is 3.72. The van der Waals surface area contributed by atoms with Crippen molar-refractivity contribution in [3.05, 3.63) is 65.9 Å². The van der Waals surface area contributed by atoms with Crippen molar-refractivity contribution in [2.24, 2.45) is 0 Å². The summed E-state index contributed by atoms with van der Waals surface area (Å²) >= 11 is 0. The monoisotopic (exact) mass is 350 g/mol. The van der Waals surface area contributed by atoms with Crippen molar-refractivity contribution < 1.29 is 14.1 Å². The van der Waals surface area contributed by atoms with Gasteiger partial charge in [0.15, 0.2) is 0 Å². The van der Waals surface area contributed by atoms with E-state index < -0.39 is 0 Å². The standard InChI is InChI=1S/C19H18N4O3/c1-12-16(17(23-26-12)13-6-4-3-5-7-13)18(24)21-14-8-10-15(11-9-14)22-19(25)20-2/h3-11H,1-2H3,(H,21,24)(H2,20,22,25). The zero-order valence-corrected chi connectivity index (χ0v) is 14.4. The Morgan fingerprint density at radius 1 is 0.923 bits per heavy atom. The molecule has 3 amide bonds. The topological polar surface area (TPSA) is 96.3 Å². The number of aryl methyl sites for hydroxylation is 1. The Hall–Kier alpha value is -3.61. The molecule has 0 radical (unpaired) electrons. The predicted molar refractivity (Wildman–Crippen MR) is 99.1 cm³/mol. The smallest absolute Gasteiger partial charge is 0.318 e. The van der Waals surface area contributed by atoms with Crippen LogP contribution in [0.1, 0.15) is 16.1 Å². The Balaban J connectivity index is 1.79. The molecule has 3 rings (SSSR count). The zero-order chi connectivity index (χ0) is 18.5. The summed E-state index contributed by atoms with van der Waals surface area (Å²) in [4.78, 5) is 24.0. The molecule has 0 fully saturated rings. The molecule has 1 aromatic heterocycles. The zero-order valence-electron chi connectivity index (χ0n) is 14.4. The Kier molecular flexibility index (Phi) is 4.98. The second kappa shape index (κ2) is 7.52. The molecule has 0 bridgehead atoms. The number of anilines is 2. The SMILES string of the molecule is CNC(=O)Nc1ccc(NC(=O)c2c(-c3ccccc3)noc2C)cc1. The van der Waals surface area contributed by atoms with Crippen LogP contribution in [0.4, 0.5) is 16.2 Å². The fourth-order valence-electron chi connectivity index (χ4n) is 2.46. The molecule has 2 aromatic carbocycles. The summed E-state index contributed by atoms with van der Waals surface area (Å²) in [5.41, 5.74) is 2.91. The van der Waals surface area contributed by atoms with Crippen LogP contribution >= 0.6 is 0 Å². The molecular weight excluding hydrogens is 332 g/mol. The average molecular weight is 350 g/mol. The van der Waals surface area contributed by atoms with Gasteiger partial charge in [0.1, 0.15) is 17.0 Å². The van der Waals surface area contributed by atoms with Gasteiger partial charge in [-0.3, -0.25) is 4.79 Å². The number of hydrogen-bond donors (Lipinski definition) is 3. The molecule has 0 saturated heterocycles. The van der Waals surface area contributed by atoms with E-state index in [4.69, 9.17) is 4.52 Å². The van der Waals surface area contributed by atoms with Gasteiger partial charge in [0.05, 0.1) is 0 Å². The number of amides is 3. The maximum atomic E-state index is 12.7. The van der Waals surface area contributed by atoms with E-state index in [0.29, 0.717) is 28.4 Å². The molecule has 0 unspecified atom stereocenters. The molecule has 7 heteroatoms. The predicted octanol–water partition coefficient (Wildman–Crippen LogP) is 3.65. The van der Waals surface area contributed by atoms with E-state index in [1.165, 1.54) is 7.05 Å². The van der Waals surface area contributed by atoms with Gasteiger partial charge in [-0.1, -0.05) is 35.5 Å². The summed E-state index contributed by atoms with van der Waals surface area (Å²) in [6.07, 6.45) is 0. The minimum atomic E-state index is -0.311. The van der Waals surface area contributed by atoms with E-state index in [0.717, 1.165) is 5.56 Å². The number of aromatic nitrogens is 1. The molecular formula is C19H18N4O3. The van der Waals surface area contributed by atoms with Gasteiger partial charge in [0.25, 0.3) is 5.91 Å². The van der Waals surface area contributed by atoms with Crippen molar-refractivity contribution in [3.8, 4) is 11.3 Å². The molecule has 132 valence electrons. The highest BCUT2D eigenvalue weighted by atomic mass is 16.5. The van der Waals surface area contributed by atoms with Crippen LogP contribution in [-0.4, -0.2) is 24.1 Å². The normalized spacial score (nSPS) is 10.2. The molecule has 0 saturated carbocycles. The summed E-state index contributed by atoms with van der Waals surface area (Å²) in [6.45, 7) is 1.70. The lowest BCUT2D eigenvalue weighted by Gasteiger charge is -2.08. The van der Waals surface area contributed by atoms with E-state index >= 15 is 0 Å². The van der Waals surface area contributed by atoms with Crippen LogP contribution < -0.4 is 16.0 Å². The summed E-state index contributed by atoms with van der Waals surface area (Å²) in [6, 6.07) is 15.9. The van der Waals surface area contributed by atoms with E-state index in [-0.39, 0.29) is 11.9 Å². The van der Waals surface area contributed by atoms with E-state index in [1.54, 1.807) is 31.2 Å². The molecule has 3 aromatic rings. The number of benzene rings is 2. The second-order valence-electron chi connectivity index (χ2n) is 5.56. The number of hydrogen-bond acceptors (Lipinski definition) is 4. The Labute approximate surface area is 150 Å². The van der Waals surface area contributed by atoms with Gasteiger partial charge in [-0.2, -0.15) is 0 Å². The molecule has 0 aliphatic rings. The molecule has 0 atom stereocenters. The second-order valence-corrected chi connectivity index (χ2v) is 5.56. The van der Waals surface area contributed by atoms with Crippen LogP contribution in [0.5, 0.6) is 0 Å². The number of carbonyl (C=O) groups is 2. The van der Waals surface area contributed by atoms with Crippen molar-refractivity contribution in [2.45, 2.75) is 6.92 Å². The molecule has 0 aliphatic heterocycles.